The summed E-state index contributed by atoms with van der Waals surface area (Å²) in [6.45, 7) is 1.89. The van der Waals surface area contributed by atoms with Crippen molar-refractivity contribution in [1.82, 2.24) is 20.2 Å². The number of ether oxygens (including phenoxy) is 2. The van der Waals surface area contributed by atoms with E-state index in [0.717, 1.165) is 16.5 Å². The summed E-state index contributed by atoms with van der Waals surface area (Å²) in [7, 11) is 0. The maximum absolute atomic E-state index is 13.6. The van der Waals surface area contributed by atoms with E-state index in [0.29, 0.717) is 28.4 Å². The number of nitrogens with zero attached hydrogens (tertiary/aromatic N) is 2. The van der Waals surface area contributed by atoms with Crippen LogP contribution in [0, 0.1) is 0 Å². The van der Waals surface area contributed by atoms with E-state index in [4.69, 9.17) is 26.7 Å². The molecule has 41 heavy (non-hydrogen) atoms. The number of fused-ring (bicyclic) bond motifs is 5. The Morgan fingerprint density at radius 1 is 1.20 bits per heavy atom. The quantitative estimate of drug-likeness (QED) is 0.227. The monoisotopic (exact) mass is 588 g/mol. The van der Waals surface area contributed by atoms with E-state index in [1.165, 1.54) is 11.3 Å². The lowest BCUT2D eigenvalue weighted by Crippen LogP contribution is -2.48. The minimum Gasteiger partial charge on any atom is -0.457 e. The maximum Gasteiger partial charge on any atom is 0.355 e. The van der Waals surface area contributed by atoms with Crippen LogP contribution in [0.4, 0.5) is 0 Å². The highest BCUT2D eigenvalue weighted by Crippen LogP contribution is 2.41. The first-order chi connectivity index (χ1) is 19.8. The van der Waals surface area contributed by atoms with Crippen LogP contribution in [0.1, 0.15) is 46.1 Å². The molecule has 208 valence electrons. The number of esters is 2. The molecule has 4 aromatic rings. The van der Waals surface area contributed by atoms with Crippen molar-refractivity contribution in [3.05, 3.63) is 85.8 Å². The summed E-state index contributed by atoms with van der Waals surface area (Å²) in [6.07, 6.45) is -0.0894. The molecule has 5 heterocycles. The standard InChI is InChI=1S/C29H24N4O6S2/c1-2-29(39-23(34)9-10-30-28(40)32-25(35)22-8-5-11-41-22)19-13-21-24-17(12-16-6-3-4-7-20(16)31-24)14-33(21)26(36)18(19)15-38-27(29)37/h3-8,11-13H,2,9-10,14-15H2,1H3,(H2,30,32,35,40)/t29-/m0/s1. The highest BCUT2D eigenvalue weighted by Gasteiger charge is 2.50. The van der Waals surface area contributed by atoms with E-state index < -0.39 is 17.5 Å². The number of nitrogens with one attached hydrogen (secondary N) is 2. The van der Waals surface area contributed by atoms with Crippen molar-refractivity contribution < 1.29 is 23.9 Å². The lowest BCUT2D eigenvalue weighted by atomic mass is 9.85. The smallest absolute Gasteiger partial charge is 0.355 e. The number of amides is 1. The van der Waals surface area contributed by atoms with Gasteiger partial charge in [0, 0.05) is 23.1 Å². The number of thiocarbonyl (C=S) groups is 1. The lowest BCUT2D eigenvalue weighted by Gasteiger charge is -2.35. The first-order valence-corrected chi connectivity index (χ1v) is 14.3. The van der Waals surface area contributed by atoms with E-state index in [1.807, 2.05) is 30.3 Å². The molecule has 2 aliphatic heterocycles. The molecule has 0 radical (unpaired) electrons. The van der Waals surface area contributed by atoms with E-state index in [9.17, 15) is 19.2 Å². The van der Waals surface area contributed by atoms with Gasteiger partial charge in [0.25, 0.3) is 11.5 Å². The van der Waals surface area contributed by atoms with Gasteiger partial charge in [-0.2, -0.15) is 0 Å². The second-order valence-corrected chi connectivity index (χ2v) is 11.0. The first-order valence-electron chi connectivity index (χ1n) is 13.0. The molecule has 0 aliphatic carbocycles. The summed E-state index contributed by atoms with van der Waals surface area (Å²) in [5, 5.41) is 8.15. The fraction of sp³-hybridized carbons (Fsp3) is 0.241. The van der Waals surface area contributed by atoms with Crippen LogP contribution in [0.3, 0.4) is 0 Å². The summed E-state index contributed by atoms with van der Waals surface area (Å²) in [4.78, 5) is 57.3. The highest BCUT2D eigenvalue weighted by atomic mass is 32.1. The number of carbonyl (C=O) groups excluding carboxylic acids is 3. The fourth-order valence-electron chi connectivity index (χ4n) is 5.22. The van der Waals surface area contributed by atoms with Gasteiger partial charge in [-0.25, -0.2) is 9.78 Å². The Morgan fingerprint density at radius 3 is 2.80 bits per heavy atom. The SMILES string of the molecule is CC[C@@]1(OC(=O)CCNC(=S)NC(=O)c2cccs2)C(=O)OCc2c1cc1n(c2=O)Cc2cc3ccccc3nc2-1. The molecule has 1 atom stereocenters. The minimum atomic E-state index is -1.78. The summed E-state index contributed by atoms with van der Waals surface area (Å²) < 4.78 is 12.8. The molecule has 0 unspecified atom stereocenters. The van der Waals surface area contributed by atoms with Crippen molar-refractivity contribution in [3.8, 4) is 11.4 Å². The predicted octanol–water partition coefficient (Wildman–Crippen LogP) is 3.39. The molecule has 2 N–H and O–H groups in total. The number of rotatable bonds is 6. The van der Waals surface area contributed by atoms with Crippen LogP contribution in [0.5, 0.6) is 0 Å². The van der Waals surface area contributed by atoms with Crippen LogP contribution in [0.2, 0.25) is 0 Å². The van der Waals surface area contributed by atoms with Crippen molar-refractivity contribution in [2.75, 3.05) is 6.54 Å². The summed E-state index contributed by atoms with van der Waals surface area (Å²) in [5.41, 5.74) is 1.39. The number of aromatic nitrogens is 2. The molecule has 0 spiro atoms. The van der Waals surface area contributed by atoms with Crippen LogP contribution in [-0.4, -0.2) is 39.1 Å². The average molecular weight is 589 g/mol. The topological polar surface area (TPSA) is 129 Å². The Bertz CT molecular complexity index is 1800. The number of cyclic esters (lactones) is 1. The largest absolute Gasteiger partial charge is 0.457 e. The molecule has 0 fully saturated rings. The van der Waals surface area contributed by atoms with Crippen LogP contribution in [0.25, 0.3) is 22.3 Å². The van der Waals surface area contributed by atoms with Gasteiger partial charge in [0.1, 0.15) is 6.61 Å². The van der Waals surface area contributed by atoms with Gasteiger partial charge in [0.2, 0.25) is 5.60 Å². The van der Waals surface area contributed by atoms with Gasteiger partial charge in [-0.05, 0) is 48.3 Å². The fourth-order valence-corrected chi connectivity index (χ4v) is 6.04. The van der Waals surface area contributed by atoms with Gasteiger partial charge in [-0.1, -0.05) is 31.2 Å². The van der Waals surface area contributed by atoms with E-state index in [1.54, 1.807) is 35.1 Å². The Balaban J connectivity index is 1.24. The molecule has 1 amide bonds. The van der Waals surface area contributed by atoms with E-state index in [-0.39, 0.29) is 48.1 Å². The van der Waals surface area contributed by atoms with Crippen molar-refractivity contribution in [3.63, 3.8) is 0 Å². The van der Waals surface area contributed by atoms with Crippen molar-refractivity contribution in [1.29, 1.82) is 0 Å². The second-order valence-electron chi connectivity index (χ2n) is 9.67. The number of benzene rings is 1. The number of carbonyl (C=O) groups is 3. The van der Waals surface area contributed by atoms with Gasteiger partial charge in [-0.15, -0.1) is 11.3 Å². The Morgan fingerprint density at radius 2 is 2.02 bits per heavy atom. The van der Waals surface area contributed by atoms with Gasteiger partial charge in [0.05, 0.1) is 40.3 Å². The molecular weight excluding hydrogens is 564 g/mol. The van der Waals surface area contributed by atoms with Gasteiger partial charge in [-0.3, -0.25) is 19.7 Å². The Hall–Kier alpha value is -4.42. The van der Waals surface area contributed by atoms with Crippen LogP contribution < -0.4 is 16.2 Å². The molecule has 0 saturated carbocycles. The molecule has 6 rings (SSSR count). The summed E-state index contributed by atoms with van der Waals surface area (Å²) >= 11 is 6.42. The molecule has 0 saturated heterocycles. The normalized spacial score (nSPS) is 16.8. The molecule has 10 nitrogen and oxygen atoms in total. The second kappa shape index (κ2) is 10.5. The van der Waals surface area contributed by atoms with Crippen molar-refractivity contribution in [2.45, 2.75) is 38.5 Å². The number of thiophene rings is 1. The highest BCUT2D eigenvalue weighted by molar-refractivity contribution is 7.80. The van der Waals surface area contributed by atoms with Crippen LogP contribution in [0.15, 0.2) is 58.7 Å². The molecule has 2 aliphatic rings. The third kappa shape index (κ3) is 4.68. The third-order valence-corrected chi connectivity index (χ3v) is 8.37. The predicted molar refractivity (Wildman–Crippen MR) is 155 cm³/mol. The number of pyridine rings is 2. The molecule has 1 aromatic carbocycles. The van der Waals surface area contributed by atoms with Crippen LogP contribution in [-0.2, 0) is 37.8 Å². The lowest BCUT2D eigenvalue weighted by molar-refractivity contribution is -0.189. The van der Waals surface area contributed by atoms with E-state index >= 15 is 0 Å². The third-order valence-electron chi connectivity index (χ3n) is 7.26. The summed E-state index contributed by atoms with van der Waals surface area (Å²) in [6, 6.07) is 14.9. The minimum absolute atomic E-state index is 0.0568. The number of para-hydroxylation sites is 1. The zero-order valence-corrected chi connectivity index (χ0v) is 23.5. The Kier molecular flexibility index (Phi) is 6.88. The number of hydrogen-bond donors (Lipinski definition) is 2. The zero-order chi connectivity index (χ0) is 28.7. The average Bonchev–Trinajstić information content (AvgIpc) is 3.62. The first kappa shape index (κ1) is 26.8. The number of hydrogen-bond acceptors (Lipinski definition) is 9. The molecule has 12 heteroatoms. The van der Waals surface area contributed by atoms with E-state index in [2.05, 4.69) is 10.6 Å². The summed E-state index contributed by atoms with van der Waals surface area (Å²) in [5.74, 6) is -1.78. The van der Waals surface area contributed by atoms with Gasteiger partial charge < -0.3 is 19.4 Å². The Labute approximate surface area is 243 Å². The van der Waals surface area contributed by atoms with Crippen molar-refractivity contribution >= 4 is 57.4 Å². The van der Waals surface area contributed by atoms with Crippen molar-refractivity contribution in [2.24, 2.45) is 0 Å². The van der Waals surface area contributed by atoms with Crippen LogP contribution >= 0.6 is 23.6 Å². The molecule has 3 aromatic heterocycles. The molecule has 0 bridgehead atoms. The maximum atomic E-state index is 13.6. The molecular formula is C29H24N4O6S2. The van der Waals surface area contributed by atoms with Gasteiger partial charge in [0.15, 0.2) is 5.11 Å². The van der Waals surface area contributed by atoms with Gasteiger partial charge >= 0.3 is 11.9 Å². The zero-order valence-electron chi connectivity index (χ0n) is 21.9.